The molecule has 2 aromatic rings. The van der Waals surface area contributed by atoms with Crippen molar-refractivity contribution in [1.29, 1.82) is 0 Å². The topological polar surface area (TPSA) is 17.8 Å². The van der Waals surface area contributed by atoms with Gasteiger partial charge >= 0.3 is 0 Å². The molecular formula is C10H11ClN2. The standard InChI is InChI=1S/C10H10N2.ClH/c1-9-11-7-8-12(9)10-5-3-2-4-6-10;/h2-8H,1H3;1H. The van der Waals surface area contributed by atoms with Crippen molar-refractivity contribution in [2.45, 2.75) is 6.92 Å². The number of halogens is 1. The molecule has 1 heterocycles. The molecule has 0 amide bonds. The van der Waals surface area contributed by atoms with Gasteiger partial charge in [-0.3, -0.25) is 0 Å². The summed E-state index contributed by atoms with van der Waals surface area (Å²) in [5, 5.41) is 0. The Morgan fingerprint density at radius 2 is 1.85 bits per heavy atom. The number of aromatic nitrogens is 2. The van der Waals surface area contributed by atoms with E-state index in [4.69, 9.17) is 0 Å². The van der Waals surface area contributed by atoms with Gasteiger partial charge in [0.05, 0.1) is 0 Å². The molecule has 1 aromatic carbocycles. The zero-order chi connectivity index (χ0) is 8.39. The van der Waals surface area contributed by atoms with Gasteiger partial charge in [0.25, 0.3) is 0 Å². The SMILES string of the molecule is Cc1nccn1-c1ccccc1.Cl. The first kappa shape index (κ1) is 9.81. The molecule has 3 heteroatoms. The summed E-state index contributed by atoms with van der Waals surface area (Å²) in [6.07, 6.45) is 3.77. The lowest BCUT2D eigenvalue weighted by molar-refractivity contribution is 0.975. The van der Waals surface area contributed by atoms with Crippen LogP contribution < -0.4 is 0 Å². The summed E-state index contributed by atoms with van der Waals surface area (Å²) in [4.78, 5) is 4.16. The van der Waals surface area contributed by atoms with Gasteiger partial charge in [-0.05, 0) is 19.1 Å². The number of hydrogen-bond acceptors (Lipinski definition) is 1. The van der Waals surface area contributed by atoms with Crippen LogP contribution in [0.15, 0.2) is 42.7 Å². The predicted molar refractivity (Wildman–Crippen MR) is 55.5 cm³/mol. The third kappa shape index (κ3) is 1.90. The van der Waals surface area contributed by atoms with Crippen molar-refractivity contribution in [1.82, 2.24) is 9.55 Å². The molecule has 0 unspecified atom stereocenters. The Balaban J connectivity index is 0.000000845. The molecule has 0 fully saturated rings. The van der Waals surface area contributed by atoms with E-state index in [1.54, 1.807) is 0 Å². The lowest BCUT2D eigenvalue weighted by Crippen LogP contribution is -1.93. The van der Waals surface area contributed by atoms with Crippen LogP contribution in [0.5, 0.6) is 0 Å². The fourth-order valence-corrected chi connectivity index (χ4v) is 1.24. The van der Waals surface area contributed by atoms with Gasteiger partial charge in [0.1, 0.15) is 5.82 Å². The van der Waals surface area contributed by atoms with Crippen molar-refractivity contribution in [3.8, 4) is 5.69 Å². The lowest BCUT2D eigenvalue weighted by Gasteiger charge is -2.02. The van der Waals surface area contributed by atoms with E-state index >= 15 is 0 Å². The first-order valence-corrected chi connectivity index (χ1v) is 3.93. The van der Waals surface area contributed by atoms with E-state index in [1.807, 2.05) is 37.5 Å². The molecule has 0 N–H and O–H groups in total. The second-order valence-corrected chi connectivity index (χ2v) is 2.68. The van der Waals surface area contributed by atoms with E-state index < -0.39 is 0 Å². The van der Waals surface area contributed by atoms with Crippen LogP contribution in [-0.4, -0.2) is 9.55 Å². The average molecular weight is 195 g/mol. The highest BCUT2D eigenvalue weighted by Crippen LogP contribution is 2.08. The smallest absolute Gasteiger partial charge is 0.110 e. The molecule has 0 aliphatic carbocycles. The fraction of sp³-hybridized carbons (Fsp3) is 0.100. The van der Waals surface area contributed by atoms with E-state index in [9.17, 15) is 0 Å². The minimum absolute atomic E-state index is 0. The molecular weight excluding hydrogens is 184 g/mol. The number of hydrogen-bond donors (Lipinski definition) is 0. The molecule has 0 radical (unpaired) electrons. The molecule has 2 nitrogen and oxygen atoms in total. The first-order chi connectivity index (χ1) is 5.88. The molecule has 0 aliphatic heterocycles. The summed E-state index contributed by atoms with van der Waals surface area (Å²) in [6, 6.07) is 10.2. The van der Waals surface area contributed by atoms with Crippen LogP contribution in [0.3, 0.4) is 0 Å². The molecule has 0 bridgehead atoms. The maximum atomic E-state index is 4.16. The number of imidazole rings is 1. The Labute approximate surface area is 83.6 Å². The maximum Gasteiger partial charge on any atom is 0.110 e. The number of rotatable bonds is 1. The highest BCUT2D eigenvalue weighted by molar-refractivity contribution is 5.85. The van der Waals surface area contributed by atoms with Gasteiger partial charge in [0.2, 0.25) is 0 Å². The Bertz CT molecular complexity index is 367. The minimum atomic E-state index is 0. The molecule has 2 rings (SSSR count). The van der Waals surface area contributed by atoms with Crippen molar-refractivity contribution >= 4 is 12.4 Å². The van der Waals surface area contributed by atoms with Crippen LogP contribution in [0.2, 0.25) is 0 Å². The van der Waals surface area contributed by atoms with E-state index in [-0.39, 0.29) is 12.4 Å². The Hall–Kier alpha value is -1.28. The average Bonchev–Trinajstić information content (AvgIpc) is 2.53. The fourth-order valence-electron chi connectivity index (χ4n) is 1.24. The third-order valence-corrected chi connectivity index (χ3v) is 1.86. The van der Waals surface area contributed by atoms with Crippen LogP contribution in [0.4, 0.5) is 0 Å². The van der Waals surface area contributed by atoms with E-state index in [1.165, 1.54) is 0 Å². The van der Waals surface area contributed by atoms with Gasteiger partial charge in [-0.25, -0.2) is 4.98 Å². The molecule has 68 valence electrons. The monoisotopic (exact) mass is 194 g/mol. The zero-order valence-electron chi connectivity index (χ0n) is 7.34. The normalized spacial score (nSPS) is 9.31. The van der Waals surface area contributed by atoms with Gasteiger partial charge in [0.15, 0.2) is 0 Å². The molecule has 0 saturated carbocycles. The zero-order valence-corrected chi connectivity index (χ0v) is 8.16. The van der Waals surface area contributed by atoms with E-state index in [0.717, 1.165) is 11.5 Å². The lowest BCUT2D eigenvalue weighted by atomic mass is 10.3. The first-order valence-electron chi connectivity index (χ1n) is 3.93. The third-order valence-electron chi connectivity index (χ3n) is 1.86. The van der Waals surface area contributed by atoms with Crippen LogP contribution >= 0.6 is 12.4 Å². The molecule has 0 saturated heterocycles. The summed E-state index contributed by atoms with van der Waals surface area (Å²) in [7, 11) is 0. The summed E-state index contributed by atoms with van der Waals surface area (Å²) >= 11 is 0. The van der Waals surface area contributed by atoms with Crippen molar-refractivity contribution in [2.24, 2.45) is 0 Å². The molecule has 0 atom stereocenters. The largest absolute Gasteiger partial charge is 0.304 e. The number of benzene rings is 1. The second kappa shape index (κ2) is 4.10. The number of aryl methyl sites for hydroxylation is 1. The number of para-hydroxylation sites is 1. The molecule has 0 aliphatic rings. The minimum Gasteiger partial charge on any atom is -0.304 e. The Kier molecular flexibility index (Phi) is 3.09. The van der Waals surface area contributed by atoms with E-state index in [0.29, 0.717) is 0 Å². The summed E-state index contributed by atoms with van der Waals surface area (Å²) < 4.78 is 2.06. The van der Waals surface area contributed by atoms with Crippen LogP contribution in [0.1, 0.15) is 5.82 Å². The maximum absolute atomic E-state index is 4.16. The van der Waals surface area contributed by atoms with E-state index in [2.05, 4.69) is 21.7 Å². The van der Waals surface area contributed by atoms with Crippen LogP contribution in [0.25, 0.3) is 5.69 Å². The number of nitrogens with zero attached hydrogens (tertiary/aromatic N) is 2. The van der Waals surface area contributed by atoms with Gasteiger partial charge < -0.3 is 4.57 Å². The van der Waals surface area contributed by atoms with Crippen LogP contribution in [-0.2, 0) is 0 Å². The predicted octanol–water partition coefficient (Wildman–Crippen LogP) is 2.60. The van der Waals surface area contributed by atoms with Crippen molar-refractivity contribution in [3.05, 3.63) is 48.5 Å². The second-order valence-electron chi connectivity index (χ2n) is 2.68. The highest BCUT2D eigenvalue weighted by Gasteiger charge is 1.96. The Morgan fingerprint density at radius 3 is 2.38 bits per heavy atom. The summed E-state index contributed by atoms with van der Waals surface area (Å²) in [5.74, 6) is 1.02. The van der Waals surface area contributed by atoms with Gasteiger partial charge in [-0.15, -0.1) is 12.4 Å². The van der Waals surface area contributed by atoms with Gasteiger partial charge in [-0.2, -0.15) is 0 Å². The van der Waals surface area contributed by atoms with Gasteiger partial charge in [-0.1, -0.05) is 18.2 Å². The quantitative estimate of drug-likeness (QED) is 0.683. The Morgan fingerprint density at radius 1 is 1.15 bits per heavy atom. The summed E-state index contributed by atoms with van der Waals surface area (Å²) in [6.45, 7) is 1.99. The van der Waals surface area contributed by atoms with Crippen molar-refractivity contribution in [3.63, 3.8) is 0 Å². The van der Waals surface area contributed by atoms with Crippen LogP contribution in [0, 0.1) is 6.92 Å². The molecule has 0 spiro atoms. The molecule has 1 aromatic heterocycles. The van der Waals surface area contributed by atoms with Crippen molar-refractivity contribution in [2.75, 3.05) is 0 Å². The van der Waals surface area contributed by atoms with Gasteiger partial charge in [0, 0.05) is 18.1 Å². The summed E-state index contributed by atoms with van der Waals surface area (Å²) in [5.41, 5.74) is 1.16. The highest BCUT2D eigenvalue weighted by atomic mass is 35.5. The molecule has 13 heavy (non-hydrogen) atoms. The van der Waals surface area contributed by atoms with Crippen molar-refractivity contribution < 1.29 is 0 Å².